The number of nitrogens with zero attached hydrogens (tertiary/aromatic N) is 2. The maximum atomic E-state index is 13.0. The predicted molar refractivity (Wildman–Crippen MR) is 122 cm³/mol. The van der Waals surface area contributed by atoms with E-state index in [-0.39, 0.29) is 30.8 Å². The van der Waals surface area contributed by atoms with Crippen LogP contribution in [-0.4, -0.2) is 51.5 Å². The Labute approximate surface area is 187 Å². The van der Waals surface area contributed by atoms with E-state index in [0.29, 0.717) is 0 Å². The number of aliphatic hydroxyl groups is 1. The third-order valence-corrected chi connectivity index (χ3v) is 6.82. The minimum Gasteiger partial charge on any atom is -0.391 e. The molecule has 8 heteroatoms. The molecule has 1 unspecified atom stereocenters. The van der Waals surface area contributed by atoms with Crippen molar-refractivity contribution in [2.75, 3.05) is 6.54 Å². The average molecular weight is 445 g/mol. The first-order chi connectivity index (χ1) is 14.5. The summed E-state index contributed by atoms with van der Waals surface area (Å²) < 4.78 is 0. The third kappa shape index (κ3) is 5.14. The van der Waals surface area contributed by atoms with Crippen LogP contribution in [0.3, 0.4) is 0 Å². The number of rotatable bonds is 5. The van der Waals surface area contributed by atoms with Crippen molar-refractivity contribution < 1.29 is 14.7 Å². The van der Waals surface area contributed by atoms with E-state index < -0.39 is 23.6 Å². The summed E-state index contributed by atoms with van der Waals surface area (Å²) in [4.78, 5) is 32.7. The lowest BCUT2D eigenvalue weighted by Crippen LogP contribution is -2.55. The number of nitrogens with two attached hydrogens (primary N) is 1. The fraction of sp³-hybridized carbons (Fsp3) is 0.522. The molecule has 2 amide bonds. The van der Waals surface area contributed by atoms with Crippen LogP contribution in [0.4, 0.5) is 0 Å². The van der Waals surface area contributed by atoms with Crippen molar-refractivity contribution in [3.05, 3.63) is 41.0 Å². The van der Waals surface area contributed by atoms with Crippen LogP contribution in [-0.2, 0) is 9.59 Å². The van der Waals surface area contributed by atoms with Crippen molar-refractivity contribution in [1.29, 1.82) is 0 Å². The van der Waals surface area contributed by atoms with Crippen LogP contribution in [0.15, 0.2) is 29.8 Å². The Morgan fingerprint density at radius 2 is 1.94 bits per heavy atom. The van der Waals surface area contributed by atoms with E-state index in [1.807, 2.05) is 64.4 Å². The Balaban J connectivity index is 1.69. The van der Waals surface area contributed by atoms with E-state index in [1.54, 1.807) is 11.3 Å². The number of carbonyl (C=O) groups excluding carboxylic acids is 2. The molecule has 2 heterocycles. The standard InChI is InChI=1S/C23H32N4O3S/c1-13(15-6-8-16(9-7-15)19-14(2)25-12-31-19)26-21(29)18-10-17(28)11-27(18)22(30)20(24)23(3,4)5/h6-9,12-13,17-18,20,28H,10-11,24H2,1-5H3,(H,26,29)/t13-,17?,18-,20+/m0/s1. The van der Waals surface area contributed by atoms with E-state index in [1.165, 1.54) is 4.90 Å². The highest BCUT2D eigenvalue weighted by molar-refractivity contribution is 7.13. The lowest BCUT2D eigenvalue weighted by molar-refractivity contribution is -0.141. The number of nitrogens with one attached hydrogen (secondary N) is 1. The van der Waals surface area contributed by atoms with Crippen LogP contribution >= 0.6 is 11.3 Å². The van der Waals surface area contributed by atoms with Crippen molar-refractivity contribution in [3.8, 4) is 10.4 Å². The summed E-state index contributed by atoms with van der Waals surface area (Å²) in [6, 6.07) is 6.32. The van der Waals surface area contributed by atoms with Crippen molar-refractivity contribution in [3.63, 3.8) is 0 Å². The fourth-order valence-corrected chi connectivity index (χ4v) is 4.56. The van der Waals surface area contributed by atoms with Gasteiger partial charge < -0.3 is 21.1 Å². The quantitative estimate of drug-likeness (QED) is 0.657. The lowest BCUT2D eigenvalue weighted by Gasteiger charge is -2.32. The van der Waals surface area contributed by atoms with Gasteiger partial charge in [-0.1, -0.05) is 45.0 Å². The Morgan fingerprint density at radius 1 is 1.29 bits per heavy atom. The second-order valence-corrected chi connectivity index (χ2v) is 10.2. The van der Waals surface area contributed by atoms with Crippen molar-refractivity contribution in [2.45, 2.75) is 65.3 Å². The van der Waals surface area contributed by atoms with Crippen molar-refractivity contribution in [2.24, 2.45) is 11.1 Å². The number of amides is 2. The van der Waals surface area contributed by atoms with Crippen LogP contribution in [0.2, 0.25) is 0 Å². The molecule has 1 saturated heterocycles. The zero-order chi connectivity index (χ0) is 22.9. The van der Waals surface area contributed by atoms with Crippen LogP contribution < -0.4 is 11.1 Å². The Hall–Kier alpha value is -2.29. The monoisotopic (exact) mass is 444 g/mol. The molecule has 0 radical (unpaired) electrons. The summed E-state index contributed by atoms with van der Waals surface area (Å²) >= 11 is 1.60. The molecule has 168 valence electrons. The summed E-state index contributed by atoms with van der Waals surface area (Å²) in [7, 11) is 0. The van der Waals surface area contributed by atoms with Gasteiger partial charge in [-0.05, 0) is 30.4 Å². The van der Waals surface area contributed by atoms with Gasteiger partial charge in [-0.2, -0.15) is 0 Å². The summed E-state index contributed by atoms with van der Waals surface area (Å²) in [5, 5.41) is 13.1. The van der Waals surface area contributed by atoms with Gasteiger partial charge in [0.05, 0.1) is 34.3 Å². The lowest BCUT2D eigenvalue weighted by atomic mass is 9.86. The van der Waals surface area contributed by atoms with E-state index >= 15 is 0 Å². The molecular formula is C23H32N4O3S. The number of thiazole rings is 1. The van der Waals surface area contributed by atoms with Crippen LogP contribution in [0.1, 0.15) is 51.4 Å². The van der Waals surface area contributed by atoms with E-state index in [4.69, 9.17) is 5.73 Å². The maximum absolute atomic E-state index is 13.0. The minimum atomic E-state index is -0.742. The first-order valence-electron chi connectivity index (χ1n) is 10.5. The molecule has 0 bridgehead atoms. The average Bonchev–Trinajstić information content (AvgIpc) is 3.31. The number of hydrogen-bond acceptors (Lipinski definition) is 6. The van der Waals surface area contributed by atoms with E-state index in [2.05, 4.69) is 10.3 Å². The molecule has 2 aromatic rings. The first-order valence-corrected chi connectivity index (χ1v) is 11.4. The Morgan fingerprint density at radius 3 is 2.48 bits per heavy atom. The van der Waals surface area contributed by atoms with E-state index in [9.17, 15) is 14.7 Å². The molecule has 0 aliphatic carbocycles. The number of benzene rings is 1. The smallest absolute Gasteiger partial charge is 0.243 e. The highest BCUT2D eigenvalue weighted by Gasteiger charge is 2.42. The number of likely N-dealkylation sites (tertiary alicyclic amines) is 1. The highest BCUT2D eigenvalue weighted by atomic mass is 32.1. The number of hydrogen-bond donors (Lipinski definition) is 3. The van der Waals surface area contributed by atoms with Gasteiger partial charge in [-0.15, -0.1) is 11.3 Å². The number of aryl methyl sites for hydroxylation is 1. The topological polar surface area (TPSA) is 109 Å². The summed E-state index contributed by atoms with van der Waals surface area (Å²) in [5.41, 5.74) is 10.6. The number of aliphatic hydroxyl groups excluding tert-OH is 1. The zero-order valence-corrected chi connectivity index (χ0v) is 19.6. The molecule has 1 aromatic carbocycles. The molecule has 0 saturated carbocycles. The summed E-state index contributed by atoms with van der Waals surface area (Å²) in [6.45, 7) is 9.67. The minimum absolute atomic E-state index is 0.123. The summed E-state index contributed by atoms with van der Waals surface area (Å²) in [5.74, 6) is -0.581. The number of β-amino-alcohol motifs (C(OH)–C–C–N with tert-alkyl or cyclic N) is 1. The van der Waals surface area contributed by atoms with Gasteiger partial charge >= 0.3 is 0 Å². The SMILES string of the molecule is Cc1ncsc1-c1ccc([C@H](C)NC(=O)[C@@H]2CC(O)CN2C(=O)[C@@H](N)C(C)(C)C)cc1. The second kappa shape index (κ2) is 9.06. The Bertz CT molecular complexity index is 935. The Kier molecular flexibility index (Phi) is 6.83. The number of carbonyl (C=O) groups is 2. The zero-order valence-electron chi connectivity index (χ0n) is 18.8. The van der Waals surface area contributed by atoms with Gasteiger partial charge in [0, 0.05) is 13.0 Å². The highest BCUT2D eigenvalue weighted by Crippen LogP contribution is 2.29. The normalized spacial score (nSPS) is 21.1. The second-order valence-electron chi connectivity index (χ2n) is 9.36. The van der Waals surface area contributed by atoms with Gasteiger partial charge in [-0.3, -0.25) is 9.59 Å². The molecular weight excluding hydrogens is 412 g/mol. The first kappa shape index (κ1) is 23.4. The molecule has 3 rings (SSSR count). The van der Waals surface area contributed by atoms with Crippen LogP contribution in [0.25, 0.3) is 10.4 Å². The molecule has 0 spiro atoms. The molecule has 4 atom stereocenters. The van der Waals surface area contributed by atoms with Gasteiger partial charge in [0.1, 0.15) is 6.04 Å². The van der Waals surface area contributed by atoms with Gasteiger partial charge in [-0.25, -0.2) is 4.98 Å². The molecule has 7 nitrogen and oxygen atoms in total. The number of aromatic nitrogens is 1. The van der Waals surface area contributed by atoms with Crippen molar-refractivity contribution >= 4 is 23.2 Å². The predicted octanol–water partition coefficient (Wildman–Crippen LogP) is 2.63. The molecule has 1 aromatic heterocycles. The van der Waals surface area contributed by atoms with Crippen molar-refractivity contribution in [1.82, 2.24) is 15.2 Å². The molecule has 31 heavy (non-hydrogen) atoms. The van der Waals surface area contributed by atoms with Crippen LogP contribution in [0, 0.1) is 12.3 Å². The largest absolute Gasteiger partial charge is 0.391 e. The van der Waals surface area contributed by atoms with Gasteiger partial charge in [0.25, 0.3) is 0 Å². The fourth-order valence-electron chi connectivity index (χ4n) is 3.75. The van der Waals surface area contributed by atoms with Gasteiger partial charge in [0.2, 0.25) is 11.8 Å². The van der Waals surface area contributed by atoms with Crippen LogP contribution in [0.5, 0.6) is 0 Å². The molecule has 1 aliphatic heterocycles. The van der Waals surface area contributed by atoms with Gasteiger partial charge in [0.15, 0.2) is 0 Å². The maximum Gasteiger partial charge on any atom is 0.243 e. The summed E-state index contributed by atoms with van der Waals surface area (Å²) in [6.07, 6.45) is -0.519. The molecule has 4 N–H and O–H groups in total. The third-order valence-electron chi connectivity index (χ3n) is 5.84. The molecule has 1 fully saturated rings. The molecule has 1 aliphatic rings. The van der Waals surface area contributed by atoms with E-state index in [0.717, 1.165) is 21.7 Å².